The Bertz CT molecular complexity index is 166. The van der Waals surface area contributed by atoms with Crippen LogP contribution in [0.1, 0.15) is 26.7 Å². The topological polar surface area (TPSA) is 18.5 Å². The summed E-state index contributed by atoms with van der Waals surface area (Å²) in [4.78, 5) is 0. The van der Waals surface area contributed by atoms with Crippen LogP contribution in [-0.2, 0) is 9.47 Å². The summed E-state index contributed by atoms with van der Waals surface area (Å²) in [6.45, 7) is 4.87. The van der Waals surface area contributed by atoms with Gasteiger partial charge in [0, 0.05) is 20.1 Å². The van der Waals surface area contributed by atoms with E-state index >= 15 is 0 Å². The van der Waals surface area contributed by atoms with E-state index in [0.29, 0.717) is 0 Å². The predicted molar refractivity (Wildman–Crippen MR) is 63.8 cm³/mol. The molecule has 1 unspecified atom stereocenters. The van der Waals surface area contributed by atoms with Gasteiger partial charge in [-0.15, -0.1) is 0 Å². The zero-order chi connectivity index (χ0) is 11.4. The Morgan fingerprint density at radius 2 is 1.47 bits per heavy atom. The van der Waals surface area contributed by atoms with Crippen LogP contribution in [0.4, 0.5) is 0 Å². The second-order valence-electron chi connectivity index (χ2n) is 2.83. The number of methoxy groups -OCH3 is 1. The van der Waals surface area contributed by atoms with Crippen LogP contribution in [0.3, 0.4) is 0 Å². The molecule has 0 saturated carbocycles. The molecule has 0 radical (unpaired) electrons. The van der Waals surface area contributed by atoms with Gasteiger partial charge in [0.05, 0.1) is 0 Å². The Hall–Kier alpha value is -0.860. The minimum Gasteiger partial charge on any atom is -0.356 e. The van der Waals surface area contributed by atoms with Crippen molar-refractivity contribution in [2.75, 3.05) is 13.7 Å². The van der Waals surface area contributed by atoms with Gasteiger partial charge in [-0.3, -0.25) is 0 Å². The van der Waals surface area contributed by atoms with Gasteiger partial charge in [0.1, 0.15) is 0 Å². The molecule has 0 aromatic heterocycles. The van der Waals surface area contributed by atoms with E-state index in [1.54, 1.807) is 7.11 Å². The van der Waals surface area contributed by atoms with Crippen molar-refractivity contribution < 1.29 is 9.47 Å². The molecule has 0 aliphatic carbocycles. The molecule has 2 nitrogen and oxygen atoms in total. The van der Waals surface area contributed by atoms with Crippen LogP contribution in [0.2, 0.25) is 0 Å². The number of rotatable bonds is 1. The fourth-order valence-corrected chi connectivity index (χ4v) is 1.12. The summed E-state index contributed by atoms with van der Waals surface area (Å²) in [5, 5.41) is 0. The van der Waals surface area contributed by atoms with Crippen molar-refractivity contribution in [2.24, 2.45) is 0 Å². The van der Waals surface area contributed by atoms with Gasteiger partial charge in [-0.25, -0.2) is 0 Å². The van der Waals surface area contributed by atoms with E-state index in [-0.39, 0.29) is 6.29 Å². The number of hydrogen-bond donors (Lipinski definition) is 0. The summed E-state index contributed by atoms with van der Waals surface area (Å²) in [6, 6.07) is 12.0. The molecule has 1 aromatic rings. The first kappa shape index (κ1) is 14.1. The largest absolute Gasteiger partial charge is 0.356 e. The van der Waals surface area contributed by atoms with Gasteiger partial charge in [0.25, 0.3) is 0 Å². The highest BCUT2D eigenvalue weighted by Crippen LogP contribution is 2.10. The highest BCUT2D eigenvalue weighted by Gasteiger charge is 2.12. The normalized spacial score (nSPS) is 18.2. The number of ether oxygens (including phenoxy) is 2. The van der Waals surface area contributed by atoms with Crippen LogP contribution < -0.4 is 0 Å². The van der Waals surface area contributed by atoms with Crippen LogP contribution >= 0.6 is 0 Å². The van der Waals surface area contributed by atoms with Gasteiger partial charge in [-0.2, -0.15) is 0 Å². The molecular formula is C13H22O2. The van der Waals surface area contributed by atoms with Crippen molar-refractivity contribution in [3.05, 3.63) is 36.4 Å². The number of hydrogen-bond acceptors (Lipinski definition) is 2. The van der Waals surface area contributed by atoms with Crippen LogP contribution in [0.15, 0.2) is 36.4 Å². The molecule has 0 N–H and O–H groups in total. The maximum absolute atomic E-state index is 5.08. The molecule has 0 spiro atoms. The molecule has 1 atom stereocenters. The lowest BCUT2D eigenvalue weighted by Crippen LogP contribution is -2.05. The van der Waals surface area contributed by atoms with E-state index in [4.69, 9.17) is 9.47 Å². The summed E-state index contributed by atoms with van der Waals surface area (Å²) in [5.41, 5.74) is 0. The summed E-state index contributed by atoms with van der Waals surface area (Å²) < 4.78 is 9.97. The van der Waals surface area contributed by atoms with Gasteiger partial charge >= 0.3 is 0 Å². The van der Waals surface area contributed by atoms with Crippen LogP contribution in [0.25, 0.3) is 0 Å². The smallest absolute Gasteiger partial charge is 0.157 e. The van der Waals surface area contributed by atoms with E-state index in [0.717, 1.165) is 19.4 Å². The molecule has 0 bridgehead atoms. The van der Waals surface area contributed by atoms with E-state index in [9.17, 15) is 0 Å². The van der Waals surface area contributed by atoms with Crippen LogP contribution in [0, 0.1) is 0 Å². The Morgan fingerprint density at radius 3 is 1.67 bits per heavy atom. The second kappa shape index (κ2) is 11.2. The van der Waals surface area contributed by atoms with Crippen molar-refractivity contribution in [2.45, 2.75) is 33.0 Å². The maximum Gasteiger partial charge on any atom is 0.157 e. The summed E-state index contributed by atoms with van der Waals surface area (Å²) >= 11 is 0. The third-order valence-electron chi connectivity index (χ3n) is 1.82. The monoisotopic (exact) mass is 210 g/mol. The van der Waals surface area contributed by atoms with Gasteiger partial charge < -0.3 is 9.47 Å². The lowest BCUT2D eigenvalue weighted by atomic mass is 10.4. The van der Waals surface area contributed by atoms with Crippen LogP contribution in [-0.4, -0.2) is 20.0 Å². The van der Waals surface area contributed by atoms with Crippen molar-refractivity contribution in [3.8, 4) is 0 Å². The highest BCUT2D eigenvalue weighted by molar-refractivity contribution is 4.99. The Labute approximate surface area is 93.2 Å². The molecule has 1 aliphatic rings. The molecule has 0 amide bonds. The summed E-state index contributed by atoms with van der Waals surface area (Å²) in [5.74, 6) is 0. The quantitative estimate of drug-likeness (QED) is 0.706. The minimum absolute atomic E-state index is 0.0972. The molecule has 1 fully saturated rings. The Morgan fingerprint density at radius 1 is 1.00 bits per heavy atom. The average molecular weight is 210 g/mol. The Kier molecular flexibility index (Phi) is 10.6. The molecule has 2 rings (SSSR count). The second-order valence-corrected chi connectivity index (χ2v) is 2.83. The van der Waals surface area contributed by atoms with E-state index in [2.05, 4.69) is 0 Å². The Balaban J connectivity index is 0.000000227. The third kappa shape index (κ3) is 8.16. The molecule has 86 valence electrons. The van der Waals surface area contributed by atoms with E-state index in [1.807, 2.05) is 50.2 Å². The van der Waals surface area contributed by atoms with Gasteiger partial charge in [0.15, 0.2) is 6.29 Å². The fourth-order valence-electron chi connectivity index (χ4n) is 1.12. The molecule has 15 heavy (non-hydrogen) atoms. The fraction of sp³-hybridized carbons (Fsp3) is 0.538. The molecule has 2 heteroatoms. The van der Waals surface area contributed by atoms with Crippen molar-refractivity contribution in [1.82, 2.24) is 0 Å². The first-order chi connectivity index (χ1) is 7.43. The van der Waals surface area contributed by atoms with E-state index in [1.165, 1.54) is 0 Å². The first-order valence-electron chi connectivity index (χ1n) is 5.58. The van der Waals surface area contributed by atoms with Gasteiger partial charge in [-0.05, 0) is 6.42 Å². The molecular weight excluding hydrogens is 188 g/mol. The van der Waals surface area contributed by atoms with Gasteiger partial charge in [0.2, 0.25) is 0 Å². The molecule has 1 heterocycles. The zero-order valence-electron chi connectivity index (χ0n) is 9.98. The first-order valence-corrected chi connectivity index (χ1v) is 5.58. The van der Waals surface area contributed by atoms with Crippen LogP contribution in [0.5, 0.6) is 0 Å². The SMILES string of the molecule is CC.COC1CCCO1.c1ccccc1. The summed E-state index contributed by atoms with van der Waals surface area (Å²) in [6.07, 6.45) is 2.31. The van der Waals surface area contributed by atoms with Crippen molar-refractivity contribution in [3.63, 3.8) is 0 Å². The molecule has 1 saturated heterocycles. The average Bonchev–Trinajstić information content (AvgIpc) is 2.88. The predicted octanol–water partition coefficient (Wildman–Crippen LogP) is 3.48. The molecule has 1 aliphatic heterocycles. The van der Waals surface area contributed by atoms with E-state index < -0.39 is 0 Å². The summed E-state index contributed by atoms with van der Waals surface area (Å²) in [7, 11) is 1.68. The highest BCUT2D eigenvalue weighted by atomic mass is 16.7. The van der Waals surface area contributed by atoms with Crippen molar-refractivity contribution >= 4 is 0 Å². The van der Waals surface area contributed by atoms with Crippen molar-refractivity contribution in [1.29, 1.82) is 0 Å². The third-order valence-corrected chi connectivity index (χ3v) is 1.82. The number of benzene rings is 1. The lowest BCUT2D eigenvalue weighted by molar-refractivity contribution is -0.0880. The van der Waals surface area contributed by atoms with Gasteiger partial charge in [-0.1, -0.05) is 50.2 Å². The zero-order valence-corrected chi connectivity index (χ0v) is 9.98. The standard InChI is InChI=1S/C6H6.C5H10O2.C2H6/c1-2-4-6-5-3-1;1-6-5-3-2-4-7-5;1-2/h1-6H;5H,2-4H2,1H3;1-2H3. The minimum atomic E-state index is 0.0972. The molecule has 1 aromatic carbocycles. The lowest BCUT2D eigenvalue weighted by Gasteiger charge is -2.03. The maximum atomic E-state index is 5.08.